The maximum atomic E-state index is 11.7. The van der Waals surface area contributed by atoms with Gasteiger partial charge in [0.25, 0.3) is 5.91 Å². The number of carbonyl (C=O) groups excluding carboxylic acids is 3. The Morgan fingerprint density at radius 3 is 3.05 bits per heavy atom. The first-order valence-electron chi connectivity index (χ1n) is 6.41. The Labute approximate surface area is 123 Å². The number of rotatable bonds is 5. The van der Waals surface area contributed by atoms with Crippen LogP contribution in [0.4, 0.5) is 4.79 Å². The number of aromatic nitrogens is 2. The average Bonchev–Trinajstić information content (AvgIpc) is 3.05. The van der Waals surface area contributed by atoms with Crippen molar-refractivity contribution in [2.24, 2.45) is 0 Å². The van der Waals surface area contributed by atoms with Gasteiger partial charge >= 0.3 is 6.03 Å². The summed E-state index contributed by atoms with van der Waals surface area (Å²) in [6.45, 7) is 0.436. The Morgan fingerprint density at radius 1 is 1.48 bits per heavy atom. The number of amides is 4. The maximum Gasteiger partial charge on any atom is 0.322 e. The molecule has 1 atom stereocenters. The molecular formula is C12H13N5O3S. The molecule has 3 heterocycles. The quantitative estimate of drug-likeness (QED) is 0.657. The summed E-state index contributed by atoms with van der Waals surface area (Å²) in [7, 11) is 0. The van der Waals surface area contributed by atoms with Crippen molar-refractivity contribution in [1.82, 2.24) is 25.3 Å². The zero-order valence-corrected chi connectivity index (χ0v) is 11.8. The lowest BCUT2D eigenvalue weighted by atomic mass is 10.2. The van der Waals surface area contributed by atoms with Crippen molar-refractivity contribution in [3.8, 4) is 0 Å². The van der Waals surface area contributed by atoms with E-state index >= 15 is 0 Å². The van der Waals surface area contributed by atoms with Crippen LogP contribution < -0.4 is 16.0 Å². The lowest BCUT2D eigenvalue weighted by molar-refractivity contribution is -0.126. The van der Waals surface area contributed by atoms with E-state index in [2.05, 4.69) is 20.9 Å². The van der Waals surface area contributed by atoms with Crippen molar-refractivity contribution < 1.29 is 14.4 Å². The SMILES string of the molecule is O=C(CC1NC(=O)NC1=O)NCCc1cn2ccsc2n1. The Morgan fingerprint density at radius 2 is 2.33 bits per heavy atom. The average molecular weight is 307 g/mol. The minimum absolute atomic E-state index is 0.0597. The van der Waals surface area contributed by atoms with E-state index in [-0.39, 0.29) is 12.3 Å². The van der Waals surface area contributed by atoms with Crippen molar-refractivity contribution in [1.29, 1.82) is 0 Å². The molecule has 21 heavy (non-hydrogen) atoms. The molecule has 0 saturated carbocycles. The van der Waals surface area contributed by atoms with Crippen molar-refractivity contribution in [2.75, 3.05) is 6.54 Å². The predicted octanol–water partition coefficient (Wildman–Crippen LogP) is -0.347. The number of hydrogen-bond donors (Lipinski definition) is 3. The van der Waals surface area contributed by atoms with Gasteiger partial charge in [0.2, 0.25) is 5.91 Å². The highest BCUT2D eigenvalue weighted by molar-refractivity contribution is 7.15. The van der Waals surface area contributed by atoms with Crippen LogP contribution in [-0.2, 0) is 16.0 Å². The first-order valence-corrected chi connectivity index (χ1v) is 7.29. The van der Waals surface area contributed by atoms with Crippen LogP contribution in [0, 0.1) is 0 Å². The molecule has 1 fully saturated rings. The van der Waals surface area contributed by atoms with E-state index in [9.17, 15) is 14.4 Å². The Bertz CT molecular complexity index is 678. The van der Waals surface area contributed by atoms with E-state index in [4.69, 9.17) is 0 Å². The van der Waals surface area contributed by atoms with Gasteiger partial charge in [-0.1, -0.05) is 0 Å². The van der Waals surface area contributed by atoms with Gasteiger partial charge in [0, 0.05) is 30.7 Å². The molecule has 9 heteroatoms. The van der Waals surface area contributed by atoms with Gasteiger partial charge in [-0.05, 0) is 0 Å². The Hall–Kier alpha value is -2.42. The van der Waals surface area contributed by atoms with Crippen LogP contribution in [0.1, 0.15) is 12.1 Å². The fourth-order valence-corrected chi connectivity index (χ4v) is 2.81. The van der Waals surface area contributed by atoms with Gasteiger partial charge in [0.15, 0.2) is 4.96 Å². The summed E-state index contributed by atoms with van der Waals surface area (Å²) in [5.74, 6) is -0.747. The minimum Gasteiger partial charge on any atom is -0.356 e. The van der Waals surface area contributed by atoms with Gasteiger partial charge < -0.3 is 10.6 Å². The zero-order valence-electron chi connectivity index (χ0n) is 11.0. The molecule has 0 radical (unpaired) electrons. The third-order valence-corrected chi connectivity index (χ3v) is 3.87. The molecule has 1 aliphatic heterocycles. The van der Waals surface area contributed by atoms with Crippen LogP contribution in [-0.4, -0.2) is 39.8 Å². The first kappa shape index (κ1) is 13.6. The van der Waals surface area contributed by atoms with Crippen molar-refractivity contribution in [3.63, 3.8) is 0 Å². The van der Waals surface area contributed by atoms with Crippen LogP contribution in [0.5, 0.6) is 0 Å². The van der Waals surface area contributed by atoms with Crippen LogP contribution in [0.15, 0.2) is 17.8 Å². The molecular weight excluding hydrogens is 294 g/mol. The molecule has 1 saturated heterocycles. The largest absolute Gasteiger partial charge is 0.356 e. The zero-order chi connectivity index (χ0) is 14.8. The molecule has 2 aromatic rings. The number of hydrogen-bond acceptors (Lipinski definition) is 5. The van der Waals surface area contributed by atoms with Crippen LogP contribution in [0.2, 0.25) is 0 Å². The summed E-state index contributed by atoms with van der Waals surface area (Å²) >= 11 is 1.55. The molecule has 1 unspecified atom stereocenters. The number of nitrogens with one attached hydrogen (secondary N) is 3. The number of urea groups is 1. The summed E-state index contributed by atoms with van der Waals surface area (Å²) in [4.78, 5) is 39.2. The predicted molar refractivity (Wildman–Crippen MR) is 74.9 cm³/mol. The van der Waals surface area contributed by atoms with Crippen molar-refractivity contribution >= 4 is 34.1 Å². The second kappa shape index (κ2) is 5.52. The number of fused-ring (bicyclic) bond motifs is 1. The van der Waals surface area contributed by atoms with Gasteiger partial charge in [0.1, 0.15) is 6.04 Å². The highest BCUT2D eigenvalue weighted by atomic mass is 32.1. The normalized spacial score (nSPS) is 17.8. The van der Waals surface area contributed by atoms with E-state index < -0.39 is 18.0 Å². The Balaban J connectivity index is 1.44. The molecule has 0 spiro atoms. The molecule has 3 rings (SSSR count). The van der Waals surface area contributed by atoms with Crippen molar-refractivity contribution in [3.05, 3.63) is 23.5 Å². The molecule has 110 valence electrons. The van der Waals surface area contributed by atoms with E-state index in [0.29, 0.717) is 13.0 Å². The molecule has 0 bridgehead atoms. The summed E-state index contributed by atoms with van der Waals surface area (Å²) in [5, 5.41) is 9.13. The summed E-state index contributed by atoms with van der Waals surface area (Å²) in [6, 6.07) is -1.34. The van der Waals surface area contributed by atoms with Gasteiger partial charge in [-0.3, -0.25) is 19.3 Å². The first-order chi connectivity index (χ1) is 10.1. The van der Waals surface area contributed by atoms with E-state index in [0.717, 1.165) is 10.7 Å². The monoisotopic (exact) mass is 307 g/mol. The topological polar surface area (TPSA) is 105 Å². The minimum atomic E-state index is -0.782. The van der Waals surface area contributed by atoms with E-state index in [1.807, 2.05) is 22.2 Å². The Kier molecular flexibility index (Phi) is 3.57. The lowest BCUT2D eigenvalue weighted by Gasteiger charge is -2.07. The fraction of sp³-hybridized carbons (Fsp3) is 0.333. The van der Waals surface area contributed by atoms with Gasteiger partial charge in [-0.25, -0.2) is 9.78 Å². The van der Waals surface area contributed by atoms with E-state index in [1.54, 1.807) is 11.3 Å². The van der Waals surface area contributed by atoms with Gasteiger partial charge in [-0.2, -0.15) is 0 Å². The number of imidazole rings is 1. The smallest absolute Gasteiger partial charge is 0.322 e. The summed E-state index contributed by atoms with van der Waals surface area (Å²) < 4.78 is 1.93. The molecule has 1 aliphatic rings. The van der Waals surface area contributed by atoms with Crippen LogP contribution in [0.3, 0.4) is 0 Å². The maximum absolute atomic E-state index is 11.7. The van der Waals surface area contributed by atoms with Crippen LogP contribution in [0.25, 0.3) is 4.96 Å². The highest BCUT2D eigenvalue weighted by Crippen LogP contribution is 2.11. The number of thiazole rings is 1. The standard InChI is InChI=1S/C12H13N5O3S/c18-9(5-8-10(19)16-11(20)15-8)13-2-1-7-6-17-3-4-21-12(17)14-7/h3-4,6,8H,1-2,5H2,(H,13,18)(H2,15,16,19,20). The molecule has 4 amide bonds. The third-order valence-electron chi connectivity index (χ3n) is 3.09. The lowest BCUT2D eigenvalue weighted by Crippen LogP contribution is -2.36. The van der Waals surface area contributed by atoms with Gasteiger partial charge in [0.05, 0.1) is 12.1 Å². The summed E-state index contributed by atoms with van der Waals surface area (Å²) in [5.41, 5.74) is 0.897. The second-order valence-corrected chi connectivity index (χ2v) is 5.52. The molecule has 0 aromatic carbocycles. The fourth-order valence-electron chi connectivity index (χ4n) is 2.09. The number of imide groups is 1. The third kappa shape index (κ3) is 3.02. The molecule has 2 aromatic heterocycles. The summed E-state index contributed by atoms with van der Waals surface area (Å²) in [6.07, 6.45) is 4.40. The van der Waals surface area contributed by atoms with Crippen molar-refractivity contribution in [2.45, 2.75) is 18.9 Å². The molecule has 8 nitrogen and oxygen atoms in total. The second-order valence-electron chi connectivity index (χ2n) is 4.64. The molecule has 0 aliphatic carbocycles. The van der Waals surface area contributed by atoms with E-state index in [1.165, 1.54) is 0 Å². The number of nitrogens with zero attached hydrogens (tertiary/aromatic N) is 2. The van der Waals surface area contributed by atoms with Crippen LogP contribution >= 0.6 is 11.3 Å². The molecule has 3 N–H and O–H groups in total. The highest BCUT2D eigenvalue weighted by Gasteiger charge is 2.31. The number of carbonyl (C=O) groups is 3. The van der Waals surface area contributed by atoms with Gasteiger partial charge in [-0.15, -0.1) is 11.3 Å².